The predicted molar refractivity (Wildman–Crippen MR) is 65.9 cm³/mol. The second-order valence-electron chi connectivity index (χ2n) is 4.45. The van der Waals surface area contributed by atoms with E-state index in [9.17, 15) is 4.79 Å². The highest BCUT2D eigenvalue weighted by atomic mass is 16.5. The van der Waals surface area contributed by atoms with Crippen LogP contribution in [0.4, 0.5) is 0 Å². The molecule has 1 heterocycles. The Morgan fingerprint density at radius 2 is 2.17 bits per heavy atom. The van der Waals surface area contributed by atoms with Crippen LogP contribution in [-0.2, 0) is 4.74 Å². The summed E-state index contributed by atoms with van der Waals surface area (Å²) in [5.41, 5.74) is 1.27. The second-order valence-corrected chi connectivity index (χ2v) is 4.45. The van der Waals surface area contributed by atoms with Gasteiger partial charge in [0, 0.05) is 11.6 Å². The summed E-state index contributed by atoms with van der Waals surface area (Å²) in [5, 5.41) is 5.42. The van der Waals surface area contributed by atoms with Crippen molar-refractivity contribution in [2.45, 2.75) is 18.9 Å². The lowest BCUT2D eigenvalue weighted by Gasteiger charge is -2.03. The second kappa shape index (κ2) is 4.01. The monoisotopic (exact) mass is 246 g/mol. The number of methoxy groups -OCH3 is 2. The van der Waals surface area contributed by atoms with Gasteiger partial charge in [0.15, 0.2) is 0 Å². The zero-order chi connectivity index (χ0) is 12.7. The normalized spacial score (nSPS) is 14.8. The molecule has 0 N–H and O–H groups in total. The number of carbonyl (C=O) groups excluding carboxylic acids is 1. The molecule has 1 saturated carbocycles. The first kappa shape index (κ1) is 11.1. The molecule has 1 fully saturated rings. The van der Waals surface area contributed by atoms with E-state index in [0.717, 1.165) is 10.9 Å². The van der Waals surface area contributed by atoms with Crippen LogP contribution in [-0.4, -0.2) is 30.0 Å². The van der Waals surface area contributed by atoms with Gasteiger partial charge in [-0.25, -0.2) is 4.79 Å². The summed E-state index contributed by atoms with van der Waals surface area (Å²) in [6, 6.07) is 3.96. The van der Waals surface area contributed by atoms with Crippen LogP contribution < -0.4 is 4.74 Å². The predicted octanol–water partition coefficient (Wildman–Crippen LogP) is 2.17. The van der Waals surface area contributed by atoms with E-state index in [1.807, 2.05) is 10.9 Å². The van der Waals surface area contributed by atoms with Crippen molar-refractivity contribution in [2.24, 2.45) is 0 Å². The minimum atomic E-state index is -0.366. The van der Waals surface area contributed by atoms with Gasteiger partial charge in [-0.05, 0) is 25.0 Å². The van der Waals surface area contributed by atoms with Crippen LogP contribution >= 0.6 is 0 Å². The fourth-order valence-corrected chi connectivity index (χ4v) is 2.04. The lowest BCUT2D eigenvalue weighted by Crippen LogP contribution is -2.01. The zero-order valence-electron chi connectivity index (χ0n) is 10.3. The lowest BCUT2D eigenvalue weighted by molar-refractivity contribution is 0.0600. The molecule has 0 radical (unpaired) electrons. The summed E-state index contributed by atoms with van der Waals surface area (Å²) >= 11 is 0. The summed E-state index contributed by atoms with van der Waals surface area (Å²) in [6.45, 7) is 0. The minimum Gasteiger partial charge on any atom is -0.494 e. The molecule has 18 heavy (non-hydrogen) atoms. The molecule has 1 aromatic carbocycles. The van der Waals surface area contributed by atoms with Crippen molar-refractivity contribution in [1.82, 2.24) is 9.78 Å². The summed E-state index contributed by atoms with van der Waals surface area (Å²) in [6.07, 6.45) is 4.29. The number of rotatable bonds is 3. The van der Waals surface area contributed by atoms with Gasteiger partial charge < -0.3 is 9.47 Å². The molecule has 94 valence electrons. The van der Waals surface area contributed by atoms with E-state index in [0.29, 0.717) is 17.4 Å². The maximum absolute atomic E-state index is 11.6. The first-order chi connectivity index (χ1) is 8.72. The lowest BCUT2D eigenvalue weighted by atomic mass is 10.1. The Hall–Kier alpha value is -2.04. The number of esters is 1. The molecular weight excluding hydrogens is 232 g/mol. The highest BCUT2D eigenvalue weighted by Gasteiger charge is 2.25. The van der Waals surface area contributed by atoms with Gasteiger partial charge in [0.05, 0.1) is 25.8 Å². The van der Waals surface area contributed by atoms with Crippen LogP contribution in [0.2, 0.25) is 0 Å². The fourth-order valence-electron chi connectivity index (χ4n) is 2.04. The van der Waals surface area contributed by atoms with Crippen molar-refractivity contribution in [3.8, 4) is 5.75 Å². The first-order valence-electron chi connectivity index (χ1n) is 5.88. The van der Waals surface area contributed by atoms with E-state index in [1.165, 1.54) is 20.0 Å². The first-order valence-corrected chi connectivity index (χ1v) is 5.88. The van der Waals surface area contributed by atoms with Crippen LogP contribution in [0.25, 0.3) is 10.9 Å². The Morgan fingerprint density at radius 3 is 2.78 bits per heavy atom. The van der Waals surface area contributed by atoms with E-state index in [2.05, 4.69) is 5.10 Å². The standard InChI is InChI=1S/C13H14N2O3/c1-17-11-6-8(13(16)18-2)5-9-7-15(10-3-4-10)14-12(9)11/h5-7,10H,3-4H2,1-2H3. The van der Waals surface area contributed by atoms with Crippen molar-refractivity contribution in [3.63, 3.8) is 0 Å². The minimum absolute atomic E-state index is 0.366. The van der Waals surface area contributed by atoms with E-state index in [4.69, 9.17) is 9.47 Å². The number of aromatic nitrogens is 2. The molecular formula is C13H14N2O3. The smallest absolute Gasteiger partial charge is 0.338 e. The molecule has 0 aliphatic heterocycles. The van der Waals surface area contributed by atoms with Crippen molar-refractivity contribution < 1.29 is 14.3 Å². The summed E-state index contributed by atoms with van der Waals surface area (Å²) < 4.78 is 12.0. The van der Waals surface area contributed by atoms with Crippen molar-refractivity contribution in [1.29, 1.82) is 0 Å². The van der Waals surface area contributed by atoms with Gasteiger partial charge in [-0.1, -0.05) is 0 Å². The number of fused-ring (bicyclic) bond motifs is 1. The van der Waals surface area contributed by atoms with Crippen molar-refractivity contribution in [3.05, 3.63) is 23.9 Å². The number of carbonyl (C=O) groups is 1. The summed E-state index contributed by atoms with van der Waals surface area (Å²) in [4.78, 5) is 11.6. The van der Waals surface area contributed by atoms with Gasteiger partial charge in [0.25, 0.3) is 0 Å². The molecule has 3 rings (SSSR count). The Balaban J connectivity index is 2.15. The molecule has 0 unspecified atom stereocenters. The zero-order valence-corrected chi connectivity index (χ0v) is 10.3. The third kappa shape index (κ3) is 1.72. The third-order valence-electron chi connectivity index (χ3n) is 3.15. The van der Waals surface area contributed by atoms with E-state index >= 15 is 0 Å². The Kier molecular flexibility index (Phi) is 2.47. The Labute approximate surface area is 104 Å². The Morgan fingerprint density at radius 1 is 1.39 bits per heavy atom. The molecule has 5 heteroatoms. The van der Waals surface area contributed by atoms with Crippen LogP contribution in [0, 0.1) is 0 Å². The molecule has 0 spiro atoms. The average molecular weight is 246 g/mol. The van der Waals surface area contributed by atoms with Crippen molar-refractivity contribution in [2.75, 3.05) is 14.2 Å². The van der Waals surface area contributed by atoms with Gasteiger partial charge in [-0.3, -0.25) is 4.68 Å². The molecule has 2 aromatic rings. The van der Waals surface area contributed by atoms with Gasteiger partial charge in [0.1, 0.15) is 11.3 Å². The van der Waals surface area contributed by atoms with Crippen molar-refractivity contribution >= 4 is 16.9 Å². The average Bonchev–Trinajstić information content (AvgIpc) is 3.16. The molecule has 0 bridgehead atoms. The highest BCUT2D eigenvalue weighted by Crippen LogP contribution is 2.36. The summed E-state index contributed by atoms with van der Waals surface area (Å²) in [5.74, 6) is 0.238. The highest BCUT2D eigenvalue weighted by molar-refractivity contribution is 5.96. The van der Waals surface area contributed by atoms with E-state index < -0.39 is 0 Å². The summed E-state index contributed by atoms with van der Waals surface area (Å²) in [7, 11) is 2.94. The molecule has 1 aliphatic rings. The largest absolute Gasteiger partial charge is 0.494 e. The molecule has 0 atom stereocenters. The van der Waals surface area contributed by atoms with Gasteiger partial charge in [-0.2, -0.15) is 5.10 Å². The molecule has 0 amide bonds. The number of ether oxygens (including phenoxy) is 2. The number of hydrogen-bond acceptors (Lipinski definition) is 4. The number of nitrogens with zero attached hydrogens (tertiary/aromatic N) is 2. The van der Waals surface area contributed by atoms with E-state index in [1.54, 1.807) is 19.2 Å². The maximum atomic E-state index is 11.6. The fraction of sp³-hybridized carbons (Fsp3) is 0.385. The molecule has 0 saturated heterocycles. The molecule has 1 aliphatic carbocycles. The van der Waals surface area contributed by atoms with Crippen LogP contribution in [0.15, 0.2) is 18.3 Å². The van der Waals surface area contributed by atoms with Crippen LogP contribution in [0.1, 0.15) is 29.2 Å². The van der Waals surface area contributed by atoms with Crippen LogP contribution in [0.3, 0.4) is 0 Å². The number of benzene rings is 1. The quantitative estimate of drug-likeness (QED) is 0.779. The topological polar surface area (TPSA) is 53.4 Å². The van der Waals surface area contributed by atoms with Gasteiger partial charge >= 0.3 is 5.97 Å². The molecule has 1 aromatic heterocycles. The van der Waals surface area contributed by atoms with Crippen LogP contribution in [0.5, 0.6) is 5.75 Å². The van der Waals surface area contributed by atoms with Gasteiger partial charge in [-0.15, -0.1) is 0 Å². The molecule has 5 nitrogen and oxygen atoms in total. The van der Waals surface area contributed by atoms with E-state index in [-0.39, 0.29) is 5.97 Å². The Bertz CT molecular complexity index is 614. The van der Waals surface area contributed by atoms with Gasteiger partial charge in [0.2, 0.25) is 0 Å². The third-order valence-corrected chi connectivity index (χ3v) is 3.15. The maximum Gasteiger partial charge on any atom is 0.338 e. The number of hydrogen-bond donors (Lipinski definition) is 0. The SMILES string of the molecule is COC(=O)c1cc(OC)c2nn(C3CC3)cc2c1.